The molecule has 1 aliphatic rings. The molecule has 1 heterocycles. The van der Waals surface area contributed by atoms with E-state index in [1.54, 1.807) is 6.92 Å². The van der Waals surface area contributed by atoms with Crippen LogP contribution in [0.1, 0.15) is 25.8 Å². The van der Waals surface area contributed by atoms with E-state index in [0.29, 0.717) is 26.2 Å². The van der Waals surface area contributed by atoms with E-state index in [1.807, 2.05) is 31.2 Å². The molecule has 0 spiro atoms. The summed E-state index contributed by atoms with van der Waals surface area (Å²) in [5.41, 5.74) is 0.933. The van der Waals surface area contributed by atoms with Crippen molar-refractivity contribution in [2.24, 2.45) is 5.92 Å². The second kappa shape index (κ2) is 5.61. The van der Waals surface area contributed by atoms with Gasteiger partial charge in [0.25, 0.3) is 0 Å². The zero-order chi connectivity index (χ0) is 13.9. The topological polar surface area (TPSA) is 55.8 Å². The van der Waals surface area contributed by atoms with Crippen LogP contribution in [0.15, 0.2) is 24.3 Å². The lowest BCUT2D eigenvalue weighted by molar-refractivity contribution is -0.144. The summed E-state index contributed by atoms with van der Waals surface area (Å²) in [5.74, 6) is -0.304. The van der Waals surface area contributed by atoms with Crippen LogP contribution in [0.3, 0.4) is 0 Å². The van der Waals surface area contributed by atoms with Crippen LogP contribution in [0.2, 0.25) is 0 Å². The summed E-state index contributed by atoms with van der Waals surface area (Å²) in [6.07, 6.45) is 0.595. The number of rotatable bonds is 6. The first kappa shape index (κ1) is 13.9. The molecular formula is C15H20O4. The van der Waals surface area contributed by atoms with Crippen molar-refractivity contribution in [1.29, 1.82) is 0 Å². The monoisotopic (exact) mass is 264 g/mol. The van der Waals surface area contributed by atoms with Gasteiger partial charge in [-0.3, -0.25) is 4.79 Å². The Labute approximate surface area is 113 Å². The Hall–Kier alpha value is -1.55. The average molecular weight is 264 g/mol. The summed E-state index contributed by atoms with van der Waals surface area (Å²) in [6, 6.07) is 7.90. The Bertz CT molecular complexity index is 451. The van der Waals surface area contributed by atoms with Gasteiger partial charge in [-0.05, 0) is 31.0 Å². The van der Waals surface area contributed by atoms with Crippen molar-refractivity contribution in [3.05, 3.63) is 29.8 Å². The Morgan fingerprint density at radius 3 is 2.79 bits per heavy atom. The molecule has 0 radical (unpaired) electrons. The largest absolute Gasteiger partial charge is 0.494 e. The van der Waals surface area contributed by atoms with Crippen molar-refractivity contribution in [3.8, 4) is 5.75 Å². The minimum absolute atomic E-state index is 0.176. The van der Waals surface area contributed by atoms with Gasteiger partial charge in [-0.25, -0.2) is 0 Å². The number of carboxylic acid groups (broad SMARTS) is 1. The third-order valence-electron chi connectivity index (χ3n) is 3.63. The molecule has 1 atom stereocenters. The third-order valence-corrected chi connectivity index (χ3v) is 3.63. The molecule has 4 heteroatoms. The molecule has 1 fully saturated rings. The second-order valence-electron chi connectivity index (χ2n) is 5.18. The average Bonchev–Trinajstić information content (AvgIpc) is 2.34. The van der Waals surface area contributed by atoms with Crippen molar-refractivity contribution >= 4 is 5.97 Å². The fraction of sp³-hybridized carbons (Fsp3) is 0.533. The maximum atomic E-state index is 11.1. The Morgan fingerprint density at radius 2 is 2.26 bits per heavy atom. The van der Waals surface area contributed by atoms with Gasteiger partial charge in [0.2, 0.25) is 0 Å². The fourth-order valence-corrected chi connectivity index (χ4v) is 2.51. The molecule has 2 rings (SSSR count). The van der Waals surface area contributed by atoms with E-state index in [1.165, 1.54) is 0 Å². The predicted molar refractivity (Wildman–Crippen MR) is 71.5 cm³/mol. The molecular weight excluding hydrogens is 244 g/mol. The molecule has 0 aliphatic carbocycles. The molecule has 1 aromatic rings. The van der Waals surface area contributed by atoms with Gasteiger partial charge in [0.05, 0.1) is 25.7 Å². The van der Waals surface area contributed by atoms with E-state index in [-0.39, 0.29) is 11.3 Å². The van der Waals surface area contributed by atoms with Gasteiger partial charge in [-0.1, -0.05) is 19.1 Å². The van der Waals surface area contributed by atoms with Crippen LogP contribution < -0.4 is 4.74 Å². The molecule has 1 aromatic carbocycles. The Kier molecular flexibility index (Phi) is 4.10. The first-order valence-electron chi connectivity index (χ1n) is 6.61. The number of benzene rings is 1. The summed E-state index contributed by atoms with van der Waals surface area (Å²) in [5, 5.41) is 9.09. The van der Waals surface area contributed by atoms with Crippen molar-refractivity contribution in [1.82, 2.24) is 0 Å². The highest BCUT2D eigenvalue weighted by Gasteiger charge is 2.42. The van der Waals surface area contributed by atoms with E-state index >= 15 is 0 Å². The first-order chi connectivity index (χ1) is 9.07. The van der Waals surface area contributed by atoms with Gasteiger partial charge >= 0.3 is 5.97 Å². The standard InChI is InChI=1S/C15H20O4/c1-3-19-13-6-4-5-12(7-13)15(9-18-10-15)8-11(2)14(16)17/h4-7,11H,3,8-10H2,1-2H3,(H,16,17). The van der Waals surface area contributed by atoms with E-state index in [2.05, 4.69) is 0 Å². The number of hydrogen-bond acceptors (Lipinski definition) is 3. The summed E-state index contributed by atoms with van der Waals surface area (Å²) >= 11 is 0. The molecule has 1 N–H and O–H groups in total. The van der Waals surface area contributed by atoms with Crippen LogP contribution in [-0.4, -0.2) is 30.9 Å². The minimum Gasteiger partial charge on any atom is -0.494 e. The normalized spacial score (nSPS) is 18.4. The predicted octanol–water partition coefficient (Wildman–Crippen LogP) is 2.46. The van der Waals surface area contributed by atoms with Crippen molar-refractivity contribution in [2.75, 3.05) is 19.8 Å². The van der Waals surface area contributed by atoms with Gasteiger partial charge < -0.3 is 14.6 Å². The van der Waals surface area contributed by atoms with Crippen LogP contribution in [0.4, 0.5) is 0 Å². The van der Waals surface area contributed by atoms with Crippen LogP contribution in [0, 0.1) is 5.92 Å². The second-order valence-corrected chi connectivity index (χ2v) is 5.18. The summed E-state index contributed by atoms with van der Waals surface area (Å²) in [4.78, 5) is 11.1. The van der Waals surface area contributed by atoms with Gasteiger partial charge in [0.15, 0.2) is 0 Å². The highest BCUT2D eigenvalue weighted by atomic mass is 16.5. The van der Waals surface area contributed by atoms with Crippen LogP contribution in [0.5, 0.6) is 5.75 Å². The van der Waals surface area contributed by atoms with Crippen molar-refractivity contribution in [3.63, 3.8) is 0 Å². The molecule has 0 amide bonds. The SMILES string of the molecule is CCOc1cccc(C2(CC(C)C(=O)O)COC2)c1. The molecule has 1 aliphatic heterocycles. The molecule has 1 unspecified atom stereocenters. The molecule has 19 heavy (non-hydrogen) atoms. The Morgan fingerprint density at radius 1 is 1.53 bits per heavy atom. The lowest BCUT2D eigenvalue weighted by Gasteiger charge is -2.43. The van der Waals surface area contributed by atoms with Gasteiger partial charge in [-0.15, -0.1) is 0 Å². The highest BCUT2D eigenvalue weighted by molar-refractivity contribution is 5.69. The van der Waals surface area contributed by atoms with Crippen molar-refractivity contribution in [2.45, 2.75) is 25.7 Å². The van der Waals surface area contributed by atoms with Crippen LogP contribution in [0.25, 0.3) is 0 Å². The minimum atomic E-state index is -0.757. The van der Waals surface area contributed by atoms with Crippen LogP contribution in [-0.2, 0) is 14.9 Å². The zero-order valence-electron chi connectivity index (χ0n) is 11.4. The van der Waals surface area contributed by atoms with E-state index in [9.17, 15) is 4.79 Å². The number of carbonyl (C=O) groups is 1. The third kappa shape index (κ3) is 2.89. The van der Waals surface area contributed by atoms with Gasteiger partial charge in [-0.2, -0.15) is 0 Å². The summed E-state index contributed by atoms with van der Waals surface area (Å²) < 4.78 is 10.8. The smallest absolute Gasteiger partial charge is 0.306 e. The zero-order valence-corrected chi connectivity index (χ0v) is 11.4. The Balaban J connectivity index is 2.21. The molecule has 4 nitrogen and oxygen atoms in total. The summed E-state index contributed by atoms with van der Waals surface area (Å²) in [6.45, 7) is 5.48. The van der Waals surface area contributed by atoms with E-state index in [4.69, 9.17) is 14.6 Å². The number of carboxylic acids is 1. The van der Waals surface area contributed by atoms with Gasteiger partial charge in [0, 0.05) is 5.41 Å². The molecule has 0 saturated carbocycles. The number of hydrogen-bond donors (Lipinski definition) is 1. The highest BCUT2D eigenvalue weighted by Crippen LogP contribution is 2.39. The number of ether oxygens (including phenoxy) is 2. The summed E-state index contributed by atoms with van der Waals surface area (Å²) in [7, 11) is 0. The maximum absolute atomic E-state index is 11.1. The van der Waals surface area contributed by atoms with E-state index in [0.717, 1.165) is 11.3 Å². The quantitative estimate of drug-likeness (QED) is 0.857. The lowest BCUT2D eigenvalue weighted by atomic mass is 9.72. The van der Waals surface area contributed by atoms with Crippen molar-refractivity contribution < 1.29 is 19.4 Å². The maximum Gasteiger partial charge on any atom is 0.306 e. The molecule has 104 valence electrons. The fourth-order valence-electron chi connectivity index (χ4n) is 2.51. The molecule has 1 saturated heterocycles. The first-order valence-corrected chi connectivity index (χ1v) is 6.61. The van der Waals surface area contributed by atoms with Gasteiger partial charge in [0.1, 0.15) is 5.75 Å². The van der Waals surface area contributed by atoms with Crippen LogP contribution >= 0.6 is 0 Å². The lowest BCUT2D eigenvalue weighted by Crippen LogP contribution is -2.48. The number of aliphatic carboxylic acids is 1. The molecule has 0 bridgehead atoms. The van der Waals surface area contributed by atoms with E-state index < -0.39 is 5.97 Å². The molecule has 0 aromatic heterocycles.